The van der Waals surface area contributed by atoms with Gasteiger partial charge in [-0.3, -0.25) is 0 Å². The minimum atomic E-state index is -1.90. The highest BCUT2D eigenvalue weighted by atomic mass is 79.9. The Bertz CT molecular complexity index is 506. The van der Waals surface area contributed by atoms with Crippen molar-refractivity contribution in [3.05, 3.63) is 53.0 Å². The van der Waals surface area contributed by atoms with Crippen molar-refractivity contribution in [2.75, 3.05) is 0 Å². The standard InChI is InChI=1S/C12H9BrO2S/c13-11-5-1-9(2-6-11)10-3-7-12(8-4-10)16(14)15/h1-8H,(H,14,15). The molecule has 4 heteroatoms. The van der Waals surface area contributed by atoms with Gasteiger partial charge in [-0.05, 0) is 35.4 Å². The smallest absolute Gasteiger partial charge is 0.186 e. The molecule has 16 heavy (non-hydrogen) atoms. The van der Waals surface area contributed by atoms with Crippen LogP contribution in [0, 0.1) is 0 Å². The minimum Gasteiger partial charge on any atom is -0.302 e. The lowest BCUT2D eigenvalue weighted by Crippen LogP contribution is -1.87. The van der Waals surface area contributed by atoms with E-state index < -0.39 is 11.1 Å². The first-order valence-corrected chi connectivity index (χ1v) is 6.53. The Balaban J connectivity index is 2.34. The van der Waals surface area contributed by atoms with Gasteiger partial charge in [0.25, 0.3) is 0 Å². The lowest BCUT2D eigenvalue weighted by Gasteiger charge is -2.02. The van der Waals surface area contributed by atoms with Gasteiger partial charge >= 0.3 is 0 Å². The van der Waals surface area contributed by atoms with E-state index >= 15 is 0 Å². The van der Waals surface area contributed by atoms with Gasteiger partial charge in [-0.15, -0.1) is 0 Å². The van der Waals surface area contributed by atoms with Crippen molar-refractivity contribution in [3.63, 3.8) is 0 Å². The second-order valence-electron chi connectivity index (χ2n) is 3.28. The summed E-state index contributed by atoms with van der Waals surface area (Å²) in [4.78, 5) is 0.417. The molecule has 0 heterocycles. The van der Waals surface area contributed by atoms with Gasteiger partial charge in [0.1, 0.15) is 0 Å². The summed E-state index contributed by atoms with van der Waals surface area (Å²) in [6.07, 6.45) is 0. The number of rotatable bonds is 2. The topological polar surface area (TPSA) is 37.3 Å². The average Bonchev–Trinajstić information content (AvgIpc) is 2.30. The number of hydrogen-bond donors (Lipinski definition) is 1. The highest BCUT2D eigenvalue weighted by Gasteiger charge is 2.01. The van der Waals surface area contributed by atoms with Crippen LogP contribution in [0.4, 0.5) is 0 Å². The van der Waals surface area contributed by atoms with Crippen molar-refractivity contribution >= 4 is 27.0 Å². The van der Waals surface area contributed by atoms with Crippen molar-refractivity contribution in [1.82, 2.24) is 0 Å². The number of halogens is 1. The highest BCUT2D eigenvalue weighted by Crippen LogP contribution is 2.22. The minimum absolute atomic E-state index is 0.417. The third-order valence-corrected chi connectivity index (χ3v) is 3.44. The van der Waals surface area contributed by atoms with E-state index in [0.29, 0.717) is 4.90 Å². The van der Waals surface area contributed by atoms with E-state index in [-0.39, 0.29) is 0 Å². The lowest BCUT2D eigenvalue weighted by molar-refractivity contribution is 0.564. The average molecular weight is 297 g/mol. The van der Waals surface area contributed by atoms with Crippen LogP contribution in [0.5, 0.6) is 0 Å². The molecule has 2 nitrogen and oxygen atoms in total. The van der Waals surface area contributed by atoms with Gasteiger partial charge in [0.15, 0.2) is 11.1 Å². The molecule has 0 aromatic heterocycles. The summed E-state index contributed by atoms with van der Waals surface area (Å²) in [5, 5.41) is 0. The fourth-order valence-electron chi connectivity index (χ4n) is 1.41. The summed E-state index contributed by atoms with van der Waals surface area (Å²) in [7, 11) is 0. The van der Waals surface area contributed by atoms with Gasteiger partial charge in [0, 0.05) is 4.47 Å². The Morgan fingerprint density at radius 2 is 1.31 bits per heavy atom. The van der Waals surface area contributed by atoms with Crippen molar-refractivity contribution in [1.29, 1.82) is 0 Å². The third kappa shape index (κ3) is 2.58. The molecule has 1 atom stereocenters. The van der Waals surface area contributed by atoms with Gasteiger partial charge in [-0.1, -0.05) is 40.2 Å². The molecule has 0 aliphatic rings. The van der Waals surface area contributed by atoms with Gasteiger partial charge in [0.05, 0.1) is 4.90 Å². The van der Waals surface area contributed by atoms with Crippen molar-refractivity contribution in [3.8, 4) is 11.1 Å². The molecule has 0 saturated heterocycles. The Morgan fingerprint density at radius 1 is 0.875 bits per heavy atom. The molecule has 0 saturated carbocycles. The number of benzene rings is 2. The van der Waals surface area contributed by atoms with Crippen LogP contribution in [0.2, 0.25) is 0 Å². The first kappa shape index (κ1) is 11.5. The van der Waals surface area contributed by atoms with Crippen molar-refractivity contribution < 1.29 is 8.76 Å². The summed E-state index contributed by atoms with van der Waals surface area (Å²) in [5.41, 5.74) is 2.11. The fourth-order valence-corrected chi connectivity index (χ4v) is 2.04. The SMILES string of the molecule is O=S(O)c1ccc(-c2ccc(Br)cc2)cc1. The summed E-state index contributed by atoms with van der Waals surface area (Å²) in [6, 6.07) is 14.9. The maximum Gasteiger partial charge on any atom is 0.186 e. The van der Waals surface area contributed by atoms with E-state index in [1.807, 2.05) is 36.4 Å². The van der Waals surface area contributed by atoms with E-state index in [2.05, 4.69) is 15.9 Å². The summed E-state index contributed by atoms with van der Waals surface area (Å²) >= 11 is 1.47. The van der Waals surface area contributed by atoms with Gasteiger partial charge < -0.3 is 4.55 Å². The summed E-state index contributed by atoms with van der Waals surface area (Å²) in [5.74, 6) is 0. The normalized spacial score (nSPS) is 12.4. The molecule has 0 bridgehead atoms. The molecule has 0 aliphatic carbocycles. The molecule has 0 amide bonds. The van der Waals surface area contributed by atoms with Crippen LogP contribution in [0.1, 0.15) is 0 Å². The maximum absolute atomic E-state index is 10.8. The van der Waals surface area contributed by atoms with E-state index in [0.717, 1.165) is 15.6 Å². The van der Waals surface area contributed by atoms with E-state index in [1.54, 1.807) is 12.1 Å². The Kier molecular flexibility index (Phi) is 3.53. The van der Waals surface area contributed by atoms with Crippen LogP contribution in [0.25, 0.3) is 11.1 Å². The van der Waals surface area contributed by atoms with Crippen molar-refractivity contribution in [2.45, 2.75) is 4.90 Å². The quantitative estimate of drug-likeness (QED) is 0.858. The predicted molar refractivity (Wildman–Crippen MR) is 68.6 cm³/mol. The van der Waals surface area contributed by atoms with Crippen LogP contribution < -0.4 is 0 Å². The molecule has 0 radical (unpaired) electrons. The van der Waals surface area contributed by atoms with Gasteiger partial charge in [-0.25, -0.2) is 4.21 Å². The monoisotopic (exact) mass is 296 g/mol. The summed E-state index contributed by atoms with van der Waals surface area (Å²) in [6.45, 7) is 0. The summed E-state index contributed by atoms with van der Waals surface area (Å²) < 4.78 is 20.7. The molecular formula is C12H9BrO2S. The fraction of sp³-hybridized carbons (Fsp3) is 0. The van der Waals surface area contributed by atoms with E-state index in [9.17, 15) is 4.21 Å². The lowest BCUT2D eigenvalue weighted by atomic mass is 10.1. The molecule has 82 valence electrons. The zero-order valence-corrected chi connectivity index (χ0v) is 10.7. The third-order valence-electron chi connectivity index (χ3n) is 2.23. The highest BCUT2D eigenvalue weighted by molar-refractivity contribution is 9.10. The maximum atomic E-state index is 10.8. The van der Waals surface area contributed by atoms with Crippen LogP contribution in [0.15, 0.2) is 57.9 Å². The molecule has 0 fully saturated rings. The van der Waals surface area contributed by atoms with E-state index in [4.69, 9.17) is 4.55 Å². The molecule has 0 spiro atoms. The van der Waals surface area contributed by atoms with Crippen LogP contribution in [0.3, 0.4) is 0 Å². The molecule has 2 aromatic carbocycles. The Hall–Kier alpha value is -0.970. The second-order valence-corrected chi connectivity index (χ2v) is 5.17. The van der Waals surface area contributed by atoms with Crippen molar-refractivity contribution in [2.24, 2.45) is 0 Å². The molecule has 0 aliphatic heterocycles. The molecule has 2 aromatic rings. The predicted octanol–water partition coefficient (Wildman–Crippen LogP) is 3.70. The largest absolute Gasteiger partial charge is 0.302 e. The number of hydrogen-bond acceptors (Lipinski definition) is 1. The van der Waals surface area contributed by atoms with Crippen LogP contribution in [-0.2, 0) is 11.1 Å². The Morgan fingerprint density at radius 3 is 1.75 bits per heavy atom. The zero-order chi connectivity index (χ0) is 11.5. The van der Waals surface area contributed by atoms with E-state index in [1.165, 1.54) is 0 Å². The Labute approximate surface area is 105 Å². The van der Waals surface area contributed by atoms with Crippen LogP contribution in [-0.4, -0.2) is 8.76 Å². The van der Waals surface area contributed by atoms with Gasteiger partial charge in [0.2, 0.25) is 0 Å². The molecule has 2 rings (SSSR count). The molecule has 1 N–H and O–H groups in total. The molecule has 1 unspecified atom stereocenters. The first-order chi connectivity index (χ1) is 7.66. The first-order valence-electron chi connectivity index (χ1n) is 4.64. The molecular weight excluding hydrogens is 288 g/mol. The van der Waals surface area contributed by atoms with Crippen LogP contribution >= 0.6 is 15.9 Å². The second kappa shape index (κ2) is 4.91. The zero-order valence-electron chi connectivity index (χ0n) is 8.26. The van der Waals surface area contributed by atoms with Gasteiger partial charge in [-0.2, -0.15) is 0 Å².